The molecule has 0 aliphatic rings. The molecule has 0 aliphatic heterocycles. The molecule has 0 bridgehead atoms. The second kappa shape index (κ2) is 13.8. The first kappa shape index (κ1) is 24.7. The van der Waals surface area contributed by atoms with Crippen molar-refractivity contribution in [3.05, 3.63) is 88.3 Å². The quantitative estimate of drug-likeness (QED) is 0.251. The maximum absolute atomic E-state index is 10.3. The highest BCUT2D eigenvalue weighted by molar-refractivity contribution is 8.03. The molecule has 1 amide bonds. The van der Waals surface area contributed by atoms with Crippen molar-refractivity contribution >= 4 is 35.0 Å². The van der Waals surface area contributed by atoms with Gasteiger partial charge in [-0.05, 0) is 37.0 Å². The summed E-state index contributed by atoms with van der Waals surface area (Å²) in [5.41, 5.74) is 5.34. The average molecular weight is 431 g/mol. The number of carbonyl (C=O) groups is 1. The van der Waals surface area contributed by atoms with Gasteiger partial charge < -0.3 is 0 Å². The number of hydrogen-bond donors (Lipinski definition) is 1. The lowest BCUT2D eigenvalue weighted by Gasteiger charge is -2.12. The normalized spacial score (nSPS) is 11.3. The van der Waals surface area contributed by atoms with Gasteiger partial charge in [0.2, 0.25) is 5.91 Å². The van der Waals surface area contributed by atoms with Gasteiger partial charge in [0.25, 0.3) is 0 Å². The first-order chi connectivity index (χ1) is 14.0. The summed E-state index contributed by atoms with van der Waals surface area (Å²) in [4.78, 5) is 21.6. The molecule has 1 N–H and O–H groups in total. The summed E-state index contributed by atoms with van der Waals surface area (Å²) >= 11 is 7.74. The van der Waals surface area contributed by atoms with Gasteiger partial charge in [0.05, 0.1) is 12.8 Å². The number of nitrogens with zero attached hydrogens (tertiary/aromatic N) is 1. The highest BCUT2D eigenvalue weighted by atomic mass is 35.5. The highest BCUT2D eigenvalue weighted by Crippen LogP contribution is 2.30. The Bertz CT molecular complexity index is 861. The van der Waals surface area contributed by atoms with Crippen LogP contribution < -0.4 is 5.48 Å². The zero-order valence-electron chi connectivity index (χ0n) is 17.2. The third-order valence-corrected chi connectivity index (χ3v) is 5.09. The molecule has 2 aromatic rings. The van der Waals surface area contributed by atoms with E-state index in [1.165, 1.54) is 23.0 Å². The number of thioether (sulfide) groups is 1. The summed E-state index contributed by atoms with van der Waals surface area (Å²) in [7, 11) is 3.22. The third-order valence-electron chi connectivity index (χ3n) is 3.71. The van der Waals surface area contributed by atoms with E-state index in [0.717, 1.165) is 21.9 Å². The van der Waals surface area contributed by atoms with Gasteiger partial charge in [0.1, 0.15) is 0 Å². The van der Waals surface area contributed by atoms with Gasteiger partial charge in [0, 0.05) is 34.5 Å². The first-order valence-corrected chi connectivity index (χ1v) is 10.2. The van der Waals surface area contributed by atoms with E-state index in [4.69, 9.17) is 11.6 Å². The average Bonchev–Trinajstić information content (AvgIpc) is 2.72. The van der Waals surface area contributed by atoms with Crippen LogP contribution in [0.25, 0.3) is 0 Å². The van der Waals surface area contributed by atoms with Gasteiger partial charge in [-0.3, -0.25) is 14.6 Å². The van der Waals surface area contributed by atoms with Gasteiger partial charge in [-0.25, -0.2) is 5.48 Å². The standard InChI is InChI=1S/C18H18ClNS.C5H9NO2/c1-4-13(2)21-17-8-6-5-7-16(17)18(20-3)14-9-11-15(19)12-10-14;1-3-4-5(7)6-8-2/h4-12H,1-3H3;3H,1,4H2,2H3,(H,6,7)/b13-4+,20-18?;. The third kappa shape index (κ3) is 8.69. The summed E-state index contributed by atoms with van der Waals surface area (Å²) in [6.07, 6.45) is 3.93. The summed E-state index contributed by atoms with van der Waals surface area (Å²) in [6, 6.07) is 16.2. The van der Waals surface area contributed by atoms with E-state index in [9.17, 15) is 4.79 Å². The van der Waals surface area contributed by atoms with Crippen LogP contribution in [0.4, 0.5) is 0 Å². The molecule has 0 unspecified atom stereocenters. The SMILES string of the molecule is C/C=C(\C)Sc1ccccc1C(=NC)c1ccc(Cl)cc1.C=CCC(=O)NOC. The number of hydrogen-bond acceptors (Lipinski definition) is 4. The van der Waals surface area contributed by atoms with Crippen LogP contribution in [0.3, 0.4) is 0 Å². The van der Waals surface area contributed by atoms with E-state index in [0.29, 0.717) is 6.42 Å². The fraction of sp³-hybridized carbons (Fsp3) is 0.217. The number of benzene rings is 2. The molecule has 154 valence electrons. The van der Waals surface area contributed by atoms with Gasteiger partial charge in [-0.2, -0.15) is 0 Å². The Morgan fingerprint density at radius 3 is 2.45 bits per heavy atom. The van der Waals surface area contributed by atoms with Crippen LogP contribution in [0, 0.1) is 0 Å². The summed E-state index contributed by atoms with van der Waals surface area (Å²) < 4.78 is 0. The number of carbonyl (C=O) groups excluding carboxylic acids is 1. The molecule has 6 heteroatoms. The molecule has 0 atom stereocenters. The van der Waals surface area contributed by atoms with Gasteiger partial charge >= 0.3 is 0 Å². The molecule has 0 saturated carbocycles. The summed E-state index contributed by atoms with van der Waals surface area (Å²) in [6.45, 7) is 7.54. The van der Waals surface area contributed by atoms with Crippen molar-refractivity contribution in [2.75, 3.05) is 14.2 Å². The Balaban J connectivity index is 0.000000447. The van der Waals surface area contributed by atoms with Crippen LogP contribution in [0.2, 0.25) is 5.02 Å². The smallest absolute Gasteiger partial charge is 0.247 e. The predicted molar refractivity (Wildman–Crippen MR) is 125 cm³/mol. The van der Waals surface area contributed by atoms with E-state index < -0.39 is 0 Å². The molecule has 0 radical (unpaired) electrons. The minimum Gasteiger partial charge on any atom is -0.287 e. The largest absolute Gasteiger partial charge is 0.287 e. The molecule has 29 heavy (non-hydrogen) atoms. The number of halogens is 1. The number of hydroxylamine groups is 1. The number of allylic oxidation sites excluding steroid dienone is 2. The maximum Gasteiger partial charge on any atom is 0.247 e. The number of aliphatic imine (C=N–C) groups is 1. The molecule has 0 spiro atoms. The molecule has 0 aromatic heterocycles. The number of amides is 1. The van der Waals surface area contributed by atoms with Crippen LogP contribution in [0.1, 0.15) is 31.4 Å². The maximum atomic E-state index is 10.3. The zero-order valence-corrected chi connectivity index (χ0v) is 18.8. The number of rotatable bonds is 7. The lowest BCUT2D eigenvalue weighted by molar-refractivity contribution is -0.130. The van der Waals surface area contributed by atoms with Crippen LogP contribution in [0.5, 0.6) is 0 Å². The Labute approximate surface area is 182 Å². The van der Waals surface area contributed by atoms with Gasteiger partial charge in [-0.1, -0.05) is 65.8 Å². The van der Waals surface area contributed by atoms with Crippen molar-refractivity contribution in [1.29, 1.82) is 0 Å². The second-order valence-electron chi connectivity index (χ2n) is 5.80. The first-order valence-electron chi connectivity index (χ1n) is 9.02. The van der Waals surface area contributed by atoms with Crippen LogP contribution in [0.15, 0.2) is 82.1 Å². The molecular formula is C23H27ClN2O2S. The Hall–Kier alpha value is -2.34. The van der Waals surface area contributed by atoms with Gasteiger partial charge in [-0.15, -0.1) is 6.58 Å². The fourth-order valence-electron chi connectivity index (χ4n) is 2.28. The van der Waals surface area contributed by atoms with Crippen molar-refractivity contribution in [3.8, 4) is 0 Å². The summed E-state index contributed by atoms with van der Waals surface area (Å²) in [5, 5.41) is 0.738. The van der Waals surface area contributed by atoms with Crippen molar-refractivity contribution in [2.24, 2.45) is 4.99 Å². The van der Waals surface area contributed by atoms with Crippen molar-refractivity contribution in [3.63, 3.8) is 0 Å². The summed E-state index contributed by atoms with van der Waals surface area (Å²) in [5.74, 6) is -0.178. The molecule has 0 heterocycles. The van der Waals surface area contributed by atoms with Crippen LogP contribution in [-0.2, 0) is 9.63 Å². The Morgan fingerprint density at radius 1 is 1.24 bits per heavy atom. The molecule has 0 aliphatic carbocycles. The monoisotopic (exact) mass is 430 g/mol. The van der Waals surface area contributed by atoms with Crippen LogP contribution >= 0.6 is 23.4 Å². The van der Waals surface area contributed by atoms with E-state index in [2.05, 4.69) is 60.0 Å². The fourth-order valence-corrected chi connectivity index (χ4v) is 3.30. The van der Waals surface area contributed by atoms with E-state index in [1.54, 1.807) is 11.8 Å². The van der Waals surface area contributed by atoms with E-state index in [1.807, 2.05) is 37.4 Å². The molecule has 2 aromatic carbocycles. The number of nitrogens with one attached hydrogen (secondary N) is 1. The topological polar surface area (TPSA) is 50.7 Å². The molecular weight excluding hydrogens is 404 g/mol. The highest BCUT2D eigenvalue weighted by Gasteiger charge is 2.11. The molecule has 2 rings (SSSR count). The lowest BCUT2D eigenvalue weighted by Crippen LogP contribution is -2.20. The van der Waals surface area contributed by atoms with Crippen molar-refractivity contribution < 1.29 is 9.63 Å². The van der Waals surface area contributed by atoms with E-state index >= 15 is 0 Å². The Morgan fingerprint density at radius 2 is 1.90 bits per heavy atom. The van der Waals surface area contributed by atoms with E-state index in [-0.39, 0.29) is 5.91 Å². The zero-order chi connectivity index (χ0) is 21.6. The second-order valence-corrected chi connectivity index (χ2v) is 7.52. The van der Waals surface area contributed by atoms with Crippen molar-refractivity contribution in [2.45, 2.75) is 25.2 Å². The molecule has 0 fully saturated rings. The van der Waals surface area contributed by atoms with Crippen molar-refractivity contribution in [1.82, 2.24) is 5.48 Å². The Kier molecular flexibility index (Phi) is 11.7. The van der Waals surface area contributed by atoms with Gasteiger partial charge in [0.15, 0.2) is 0 Å². The minimum absolute atomic E-state index is 0.178. The lowest BCUT2D eigenvalue weighted by atomic mass is 10.0. The predicted octanol–water partition coefficient (Wildman–Crippen LogP) is 6.06. The molecule has 0 saturated heterocycles. The minimum atomic E-state index is -0.178. The molecule has 4 nitrogen and oxygen atoms in total. The van der Waals surface area contributed by atoms with Crippen LogP contribution in [-0.4, -0.2) is 25.8 Å².